The van der Waals surface area contributed by atoms with E-state index in [0.717, 1.165) is 0 Å². The largest absolute Gasteiger partial charge is 0.493 e. The van der Waals surface area contributed by atoms with Crippen LogP contribution in [0.15, 0.2) is 23.0 Å². The maximum Gasteiger partial charge on any atom is 0.273 e. The van der Waals surface area contributed by atoms with E-state index >= 15 is 0 Å². The van der Waals surface area contributed by atoms with Gasteiger partial charge >= 0.3 is 0 Å². The number of aryl methyl sites for hydroxylation is 1. The van der Waals surface area contributed by atoms with Crippen molar-refractivity contribution in [2.45, 2.75) is 13.5 Å². The Hall–Kier alpha value is -3.07. The predicted octanol–water partition coefficient (Wildman–Crippen LogP) is 0.737. The molecule has 3 rings (SSSR count). The fourth-order valence-corrected chi connectivity index (χ4v) is 3.08. The highest BCUT2D eigenvalue weighted by molar-refractivity contribution is 5.96. The lowest BCUT2D eigenvalue weighted by Crippen LogP contribution is -2.31. The van der Waals surface area contributed by atoms with Crippen molar-refractivity contribution in [2.24, 2.45) is 0 Å². The van der Waals surface area contributed by atoms with Gasteiger partial charge in [-0.05, 0) is 13.0 Å². The summed E-state index contributed by atoms with van der Waals surface area (Å²) >= 11 is 0. The average molecular weight is 374 g/mol. The summed E-state index contributed by atoms with van der Waals surface area (Å²) in [6.07, 6.45) is 0. The SMILES string of the molecule is COCCNC(=O)Cn1c2cc(OC)c(OC)cc2c2nc(=O)cc(C)n21. The molecule has 1 N–H and O–H groups in total. The van der Waals surface area contributed by atoms with E-state index in [1.165, 1.54) is 13.2 Å². The molecular weight excluding hydrogens is 352 g/mol. The van der Waals surface area contributed by atoms with Crippen LogP contribution in [0.4, 0.5) is 0 Å². The van der Waals surface area contributed by atoms with Crippen molar-refractivity contribution in [1.29, 1.82) is 0 Å². The summed E-state index contributed by atoms with van der Waals surface area (Å²) in [6, 6.07) is 4.96. The highest BCUT2D eigenvalue weighted by atomic mass is 16.5. The van der Waals surface area contributed by atoms with Crippen LogP contribution < -0.4 is 20.3 Å². The van der Waals surface area contributed by atoms with E-state index in [1.807, 2.05) is 0 Å². The van der Waals surface area contributed by atoms with Crippen LogP contribution >= 0.6 is 0 Å². The van der Waals surface area contributed by atoms with Gasteiger partial charge in [0.25, 0.3) is 5.56 Å². The van der Waals surface area contributed by atoms with Crippen molar-refractivity contribution in [1.82, 2.24) is 19.5 Å². The van der Waals surface area contributed by atoms with E-state index in [4.69, 9.17) is 14.2 Å². The molecule has 0 saturated carbocycles. The lowest BCUT2D eigenvalue weighted by molar-refractivity contribution is -0.122. The van der Waals surface area contributed by atoms with Gasteiger partial charge < -0.3 is 19.5 Å². The Morgan fingerprint density at radius 1 is 1.15 bits per heavy atom. The Bertz CT molecular complexity index is 1050. The number of fused-ring (bicyclic) bond motifs is 3. The maximum atomic E-state index is 12.4. The quantitative estimate of drug-likeness (QED) is 0.613. The zero-order valence-corrected chi connectivity index (χ0v) is 15.7. The molecule has 2 heterocycles. The predicted molar refractivity (Wildman–Crippen MR) is 99.7 cm³/mol. The first kappa shape index (κ1) is 18.7. The Labute approximate surface area is 155 Å². The van der Waals surface area contributed by atoms with Gasteiger partial charge in [-0.3, -0.25) is 14.3 Å². The summed E-state index contributed by atoms with van der Waals surface area (Å²) in [6.45, 7) is 2.68. The van der Waals surface area contributed by atoms with Crippen molar-refractivity contribution in [3.05, 3.63) is 34.2 Å². The summed E-state index contributed by atoms with van der Waals surface area (Å²) in [5.41, 5.74) is 1.49. The molecule has 1 aromatic carbocycles. The molecule has 0 spiro atoms. The molecule has 0 unspecified atom stereocenters. The van der Waals surface area contributed by atoms with Crippen LogP contribution in [-0.4, -0.2) is 54.6 Å². The zero-order valence-electron chi connectivity index (χ0n) is 15.7. The van der Waals surface area contributed by atoms with Gasteiger partial charge in [-0.25, -0.2) is 4.52 Å². The van der Waals surface area contributed by atoms with Gasteiger partial charge in [0.15, 0.2) is 17.1 Å². The highest BCUT2D eigenvalue weighted by Crippen LogP contribution is 2.34. The lowest BCUT2D eigenvalue weighted by atomic mass is 10.2. The van der Waals surface area contributed by atoms with Gasteiger partial charge in [0, 0.05) is 36.9 Å². The van der Waals surface area contributed by atoms with Gasteiger partial charge in [0.05, 0.1) is 26.3 Å². The van der Waals surface area contributed by atoms with E-state index in [9.17, 15) is 9.59 Å². The van der Waals surface area contributed by atoms with Crippen molar-refractivity contribution < 1.29 is 19.0 Å². The van der Waals surface area contributed by atoms with E-state index in [0.29, 0.717) is 46.9 Å². The Morgan fingerprint density at radius 2 is 1.85 bits per heavy atom. The molecule has 9 heteroatoms. The Morgan fingerprint density at radius 3 is 2.52 bits per heavy atom. The number of hydrogen-bond acceptors (Lipinski definition) is 6. The smallest absolute Gasteiger partial charge is 0.273 e. The molecule has 0 aliphatic rings. The molecule has 0 fully saturated rings. The number of carbonyl (C=O) groups excluding carboxylic acids is 1. The zero-order chi connectivity index (χ0) is 19.6. The second-order valence-electron chi connectivity index (χ2n) is 6.00. The average Bonchev–Trinajstić information content (AvgIpc) is 2.93. The van der Waals surface area contributed by atoms with Crippen LogP contribution in [0.1, 0.15) is 5.69 Å². The molecule has 144 valence electrons. The number of benzene rings is 1. The molecule has 2 aromatic heterocycles. The van der Waals surface area contributed by atoms with Crippen LogP contribution in [0.2, 0.25) is 0 Å². The topological polar surface area (TPSA) is 96.1 Å². The van der Waals surface area contributed by atoms with Crippen LogP contribution in [0.3, 0.4) is 0 Å². The number of nitrogens with zero attached hydrogens (tertiary/aromatic N) is 3. The first-order valence-electron chi connectivity index (χ1n) is 8.40. The van der Waals surface area contributed by atoms with E-state index in [2.05, 4.69) is 10.3 Å². The number of amides is 1. The number of carbonyl (C=O) groups is 1. The maximum absolute atomic E-state index is 12.4. The summed E-state index contributed by atoms with van der Waals surface area (Å²) in [7, 11) is 4.65. The van der Waals surface area contributed by atoms with Gasteiger partial charge in [-0.1, -0.05) is 0 Å². The molecule has 0 aliphatic heterocycles. The molecule has 0 bridgehead atoms. The summed E-state index contributed by atoms with van der Waals surface area (Å²) in [5, 5.41) is 3.49. The van der Waals surface area contributed by atoms with E-state index in [1.54, 1.807) is 42.5 Å². The normalized spacial score (nSPS) is 11.1. The molecule has 0 atom stereocenters. The van der Waals surface area contributed by atoms with Crippen LogP contribution in [-0.2, 0) is 16.1 Å². The van der Waals surface area contributed by atoms with Gasteiger partial charge in [-0.2, -0.15) is 4.98 Å². The van der Waals surface area contributed by atoms with Crippen molar-refractivity contribution in [3.63, 3.8) is 0 Å². The minimum atomic E-state index is -0.342. The molecule has 0 aliphatic carbocycles. The number of rotatable bonds is 7. The summed E-state index contributed by atoms with van der Waals surface area (Å²) < 4.78 is 19.2. The first-order chi connectivity index (χ1) is 13.0. The second kappa shape index (κ2) is 7.67. The van der Waals surface area contributed by atoms with Crippen LogP contribution in [0, 0.1) is 6.92 Å². The fraction of sp³-hybridized carbons (Fsp3) is 0.389. The second-order valence-corrected chi connectivity index (χ2v) is 6.00. The van der Waals surface area contributed by atoms with Gasteiger partial charge in [0.2, 0.25) is 5.91 Å². The van der Waals surface area contributed by atoms with Crippen molar-refractivity contribution >= 4 is 22.5 Å². The first-order valence-corrected chi connectivity index (χ1v) is 8.40. The van der Waals surface area contributed by atoms with E-state index < -0.39 is 0 Å². The number of methoxy groups -OCH3 is 3. The van der Waals surface area contributed by atoms with Crippen molar-refractivity contribution in [2.75, 3.05) is 34.5 Å². The molecule has 3 aromatic rings. The third-order valence-corrected chi connectivity index (χ3v) is 4.27. The monoisotopic (exact) mass is 374 g/mol. The molecule has 0 saturated heterocycles. The minimum Gasteiger partial charge on any atom is -0.493 e. The molecule has 1 amide bonds. The van der Waals surface area contributed by atoms with Gasteiger partial charge in [0.1, 0.15) is 6.54 Å². The summed E-state index contributed by atoms with van der Waals surface area (Å²) in [4.78, 5) is 28.5. The summed E-state index contributed by atoms with van der Waals surface area (Å²) in [5.74, 6) is 0.859. The fourth-order valence-electron chi connectivity index (χ4n) is 3.08. The number of ether oxygens (including phenoxy) is 3. The third kappa shape index (κ3) is 3.45. The number of hydrogen-bond donors (Lipinski definition) is 1. The standard InChI is InChI=1S/C18H22N4O5/c1-11-7-16(23)20-18-12-8-14(26-3)15(27-4)9-13(12)21(22(11)18)10-17(24)19-5-6-25-2/h7-9H,5-6,10H2,1-4H3,(H,19,24). The molecule has 9 nitrogen and oxygen atoms in total. The molecular formula is C18H22N4O5. The number of nitrogens with one attached hydrogen (secondary N) is 1. The Balaban J connectivity index is 2.22. The lowest BCUT2D eigenvalue weighted by Gasteiger charge is -2.12. The third-order valence-electron chi connectivity index (χ3n) is 4.27. The van der Waals surface area contributed by atoms with Gasteiger partial charge in [-0.15, -0.1) is 0 Å². The van der Waals surface area contributed by atoms with Crippen molar-refractivity contribution in [3.8, 4) is 11.5 Å². The minimum absolute atomic E-state index is 0.0462. The van der Waals surface area contributed by atoms with E-state index in [-0.39, 0.29) is 18.0 Å². The number of aromatic nitrogens is 3. The van der Waals surface area contributed by atoms with Crippen LogP contribution in [0.25, 0.3) is 16.6 Å². The molecule has 27 heavy (non-hydrogen) atoms. The Kier molecular flexibility index (Phi) is 5.31. The van der Waals surface area contributed by atoms with Crippen LogP contribution in [0.5, 0.6) is 11.5 Å². The molecule has 0 radical (unpaired) electrons. The highest BCUT2D eigenvalue weighted by Gasteiger charge is 2.19.